The predicted molar refractivity (Wildman–Crippen MR) is 117 cm³/mol. The molecule has 2 aromatic heterocycles. The van der Waals surface area contributed by atoms with Crippen LogP contribution in [0.15, 0.2) is 58.4 Å². The number of halogens is 4. The van der Waals surface area contributed by atoms with Gasteiger partial charge in [0.25, 0.3) is 5.56 Å². The molecule has 1 unspecified atom stereocenters. The first-order valence-electron chi connectivity index (χ1n) is 11.0. The Bertz CT molecular complexity index is 1330. The molecule has 10 heteroatoms. The van der Waals surface area contributed by atoms with E-state index in [1.54, 1.807) is 12.1 Å². The summed E-state index contributed by atoms with van der Waals surface area (Å²) in [5, 5.41) is 0. The molecule has 3 aromatic rings. The SMILES string of the molecule is O=c1[nH]c(=O)n(CCCN2CC3C[C@]3(c3ccc(C(F)(F)F)cc3)C2)cc1-c1cccnc1F. The highest BCUT2D eigenvalue weighted by Crippen LogP contribution is 2.59. The Hall–Kier alpha value is -3.27. The third-order valence-corrected chi connectivity index (χ3v) is 6.94. The van der Waals surface area contributed by atoms with Gasteiger partial charge in [-0.1, -0.05) is 12.1 Å². The summed E-state index contributed by atoms with van der Waals surface area (Å²) in [5.74, 6) is -0.372. The molecule has 1 aromatic carbocycles. The van der Waals surface area contributed by atoms with Gasteiger partial charge < -0.3 is 4.90 Å². The normalized spacial score (nSPS) is 22.1. The monoisotopic (exact) mass is 474 g/mol. The number of hydrogen-bond donors (Lipinski definition) is 1. The van der Waals surface area contributed by atoms with E-state index in [1.165, 1.54) is 29.1 Å². The van der Waals surface area contributed by atoms with Gasteiger partial charge in [0, 0.05) is 43.0 Å². The summed E-state index contributed by atoms with van der Waals surface area (Å²) in [6, 6.07) is 8.41. The molecule has 178 valence electrons. The number of pyridine rings is 1. The van der Waals surface area contributed by atoms with Crippen molar-refractivity contribution in [3.63, 3.8) is 0 Å². The summed E-state index contributed by atoms with van der Waals surface area (Å²) in [6.07, 6.45) is -0.123. The van der Waals surface area contributed by atoms with Crippen LogP contribution in [0.1, 0.15) is 24.0 Å². The van der Waals surface area contributed by atoms with Crippen molar-refractivity contribution >= 4 is 0 Å². The molecule has 2 atom stereocenters. The van der Waals surface area contributed by atoms with Crippen LogP contribution in [0.3, 0.4) is 0 Å². The van der Waals surface area contributed by atoms with Crippen LogP contribution in [-0.4, -0.2) is 39.1 Å². The van der Waals surface area contributed by atoms with Gasteiger partial charge in [-0.3, -0.25) is 14.3 Å². The van der Waals surface area contributed by atoms with Crippen LogP contribution in [0.5, 0.6) is 0 Å². The number of nitrogens with one attached hydrogen (secondary N) is 1. The molecular weight excluding hydrogens is 452 g/mol. The van der Waals surface area contributed by atoms with Gasteiger partial charge in [0.15, 0.2) is 0 Å². The third kappa shape index (κ3) is 4.06. The maximum atomic E-state index is 14.0. The lowest BCUT2D eigenvalue weighted by atomic mass is 9.94. The van der Waals surface area contributed by atoms with Crippen LogP contribution in [-0.2, 0) is 18.1 Å². The quantitative estimate of drug-likeness (QED) is 0.439. The lowest BCUT2D eigenvalue weighted by molar-refractivity contribution is -0.137. The molecule has 1 aliphatic heterocycles. The standard InChI is InChI=1S/C24H22F4N4O2/c25-20-18(3-1-8-29-20)19-13-32(22(34)30-21(19)33)10-2-9-31-12-17-11-23(17,14-31)15-4-6-16(7-5-15)24(26,27)28/h1,3-8,13,17H,2,9-12,14H2,(H,30,33,34)/t17?,23-/m1/s1. The van der Waals surface area contributed by atoms with Gasteiger partial charge in [-0.2, -0.15) is 17.6 Å². The molecule has 1 aliphatic carbocycles. The fraction of sp³-hybridized carbons (Fsp3) is 0.375. The lowest BCUT2D eigenvalue weighted by Crippen LogP contribution is -2.32. The highest BCUT2D eigenvalue weighted by atomic mass is 19.4. The molecule has 2 fully saturated rings. The Morgan fingerprint density at radius 3 is 2.56 bits per heavy atom. The molecule has 2 aliphatic rings. The molecule has 1 saturated carbocycles. The molecule has 3 heterocycles. The molecule has 5 rings (SSSR count). The molecule has 34 heavy (non-hydrogen) atoms. The predicted octanol–water partition coefficient (Wildman–Crippen LogP) is 3.42. The number of fused-ring (bicyclic) bond motifs is 1. The number of H-pyrrole nitrogens is 1. The van der Waals surface area contributed by atoms with Crippen LogP contribution in [0.25, 0.3) is 11.1 Å². The van der Waals surface area contributed by atoms with E-state index in [2.05, 4.69) is 14.9 Å². The van der Waals surface area contributed by atoms with E-state index in [9.17, 15) is 27.2 Å². The van der Waals surface area contributed by atoms with Gasteiger partial charge in [0.05, 0.1) is 11.1 Å². The molecule has 1 N–H and O–H groups in total. The zero-order chi connectivity index (χ0) is 24.1. The number of alkyl halides is 3. The van der Waals surface area contributed by atoms with Gasteiger partial charge in [-0.15, -0.1) is 0 Å². The van der Waals surface area contributed by atoms with Crippen molar-refractivity contribution < 1.29 is 17.6 Å². The Labute approximate surface area is 191 Å². The van der Waals surface area contributed by atoms with E-state index in [-0.39, 0.29) is 16.5 Å². The minimum atomic E-state index is -4.34. The van der Waals surface area contributed by atoms with Gasteiger partial charge in [0.2, 0.25) is 5.95 Å². The first-order chi connectivity index (χ1) is 16.2. The van der Waals surface area contributed by atoms with Crippen molar-refractivity contribution in [3.8, 4) is 11.1 Å². The molecular formula is C24H22F4N4O2. The second kappa shape index (κ2) is 8.19. The number of hydrogen-bond acceptors (Lipinski definition) is 4. The van der Waals surface area contributed by atoms with Crippen molar-refractivity contribution in [2.24, 2.45) is 5.92 Å². The second-order valence-corrected chi connectivity index (χ2v) is 9.06. The Balaban J connectivity index is 1.23. The van der Waals surface area contributed by atoms with Gasteiger partial charge in [0.1, 0.15) is 0 Å². The molecule has 6 nitrogen and oxygen atoms in total. The van der Waals surface area contributed by atoms with Crippen LogP contribution in [0, 0.1) is 11.9 Å². The van der Waals surface area contributed by atoms with E-state index in [1.807, 2.05) is 0 Å². The zero-order valence-corrected chi connectivity index (χ0v) is 18.1. The minimum Gasteiger partial charge on any atom is -0.302 e. The van der Waals surface area contributed by atoms with Crippen LogP contribution < -0.4 is 11.2 Å². The largest absolute Gasteiger partial charge is 0.416 e. The number of rotatable bonds is 6. The van der Waals surface area contributed by atoms with E-state index >= 15 is 0 Å². The molecule has 0 radical (unpaired) electrons. The highest BCUT2D eigenvalue weighted by molar-refractivity contribution is 5.60. The van der Waals surface area contributed by atoms with Crippen LogP contribution >= 0.6 is 0 Å². The maximum Gasteiger partial charge on any atom is 0.416 e. The molecule has 0 spiro atoms. The smallest absolute Gasteiger partial charge is 0.302 e. The summed E-state index contributed by atoms with van der Waals surface area (Å²) in [5.41, 5.74) is -0.979. The van der Waals surface area contributed by atoms with Gasteiger partial charge >= 0.3 is 11.9 Å². The Morgan fingerprint density at radius 2 is 1.85 bits per heavy atom. The fourth-order valence-corrected chi connectivity index (χ4v) is 5.11. The van der Waals surface area contributed by atoms with Crippen molar-refractivity contribution in [1.29, 1.82) is 0 Å². The number of likely N-dealkylation sites (tertiary alicyclic amines) is 1. The molecule has 0 bridgehead atoms. The summed E-state index contributed by atoms with van der Waals surface area (Å²) >= 11 is 0. The van der Waals surface area contributed by atoms with Crippen molar-refractivity contribution in [1.82, 2.24) is 19.4 Å². The van der Waals surface area contributed by atoms with Crippen molar-refractivity contribution in [2.75, 3.05) is 19.6 Å². The minimum absolute atomic E-state index is 0.0237. The van der Waals surface area contributed by atoms with E-state index in [0.717, 1.165) is 37.2 Å². The average molecular weight is 474 g/mol. The Kier molecular flexibility index (Phi) is 5.43. The number of piperidine rings is 1. The topological polar surface area (TPSA) is 71.0 Å². The van der Waals surface area contributed by atoms with Crippen LogP contribution in [0.2, 0.25) is 0 Å². The molecule has 0 amide bonds. The summed E-state index contributed by atoms with van der Waals surface area (Å²) < 4.78 is 54.0. The summed E-state index contributed by atoms with van der Waals surface area (Å²) in [7, 11) is 0. The number of benzene rings is 1. The second-order valence-electron chi connectivity index (χ2n) is 9.06. The number of aromatic amines is 1. The van der Waals surface area contributed by atoms with Gasteiger partial charge in [-0.05, 0) is 55.1 Å². The first-order valence-corrected chi connectivity index (χ1v) is 11.0. The maximum absolute atomic E-state index is 14.0. The van der Waals surface area contributed by atoms with E-state index in [0.29, 0.717) is 25.4 Å². The average Bonchev–Trinajstić information content (AvgIpc) is 3.37. The van der Waals surface area contributed by atoms with Crippen molar-refractivity contribution in [3.05, 3.63) is 86.7 Å². The molecule has 1 saturated heterocycles. The highest BCUT2D eigenvalue weighted by Gasteiger charge is 2.60. The fourth-order valence-electron chi connectivity index (χ4n) is 5.11. The lowest BCUT2D eigenvalue weighted by Gasteiger charge is -2.21. The summed E-state index contributed by atoms with van der Waals surface area (Å²) in [4.78, 5) is 32.5. The van der Waals surface area contributed by atoms with E-state index < -0.39 is 28.9 Å². The number of aromatic nitrogens is 3. The third-order valence-electron chi connectivity index (χ3n) is 6.94. The number of nitrogens with zero attached hydrogens (tertiary/aromatic N) is 3. The van der Waals surface area contributed by atoms with Crippen molar-refractivity contribution in [2.45, 2.75) is 31.0 Å². The summed E-state index contributed by atoms with van der Waals surface area (Å²) in [6.45, 7) is 2.64. The van der Waals surface area contributed by atoms with Gasteiger partial charge in [-0.25, -0.2) is 9.78 Å². The Morgan fingerprint density at radius 1 is 1.09 bits per heavy atom. The zero-order valence-electron chi connectivity index (χ0n) is 18.1. The van der Waals surface area contributed by atoms with Crippen LogP contribution in [0.4, 0.5) is 17.6 Å². The first kappa shape index (κ1) is 22.5. The number of aryl methyl sites for hydroxylation is 1. The van der Waals surface area contributed by atoms with E-state index in [4.69, 9.17) is 0 Å².